The summed E-state index contributed by atoms with van der Waals surface area (Å²) in [5.41, 5.74) is 1.20. The Labute approximate surface area is 224 Å². The van der Waals surface area contributed by atoms with E-state index in [2.05, 4.69) is 36.4 Å². The van der Waals surface area contributed by atoms with Gasteiger partial charge in [0.05, 0.1) is 0 Å². The van der Waals surface area contributed by atoms with E-state index in [1.54, 1.807) is 24.3 Å². The first-order valence-corrected chi connectivity index (χ1v) is 15.9. The minimum Gasteiger partial charge on any atom is -0.399 e. The maximum atomic E-state index is 14.7. The molecule has 6 heteroatoms. The molecule has 38 heavy (non-hydrogen) atoms. The highest BCUT2D eigenvalue weighted by Gasteiger charge is 2.36. The van der Waals surface area contributed by atoms with Gasteiger partial charge in [-0.15, -0.1) is 0 Å². The molecule has 0 heterocycles. The van der Waals surface area contributed by atoms with Gasteiger partial charge in [0.1, 0.15) is 11.5 Å². The molecule has 0 aliphatic carbocycles. The lowest BCUT2D eigenvalue weighted by Gasteiger charge is -2.28. The minimum atomic E-state index is -4.06. The molecule has 0 aliphatic heterocycles. The smallest absolute Gasteiger partial charge is 0.399 e. The lowest BCUT2D eigenvalue weighted by molar-refractivity contribution is 0.388. The second kappa shape index (κ2) is 12.1. The maximum Gasteiger partial charge on any atom is 0.562 e. The highest BCUT2D eigenvalue weighted by atomic mass is 31.2. The van der Waals surface area contributed by atoms with Gasteiger partial charge in [0.15, 0.2) is 0 Å². The topological polar surface area (TPSA) is 47.9 Å². The van der Waals surface area contributed by atoms with Crippen LogP contribution in [0, 0.1) is 0 Å². The third-order valence-electron chi connectivity index (χ3n) is 6.12. The Bertz CT molecular complexity index is 1440. The van der Waals surface area contributed by atoms with Crippen molar-refractivity contribution in [1.82, 2.24) is 0 Å². The molecule has 0 N–H and O–H groups in total. The lowest BCUT2D eigenvalue weighted by atomic mass is 10.2. The first-order chi connectivity index (χ1) is 18.7. The fourth-order valence-electron chi connectivity index (χ4n) is 4.31. The molecule has 0 saturated carbocycles. The molecule has 0 unspecified atom stereocenters. The summed E-state index contributed by atoms with van der Waals surface area (Å²) in [6.45, 7) is 0. The number of hydrogen-bond donors (Lipinski definition) is 0. The van der Waals surface area contributed by atoms with Crippen molar-refractivity contribution in [3.63, 3.8) is 0 Å². The van der Waals surface area contributed by atoms with E-state index in [1.165, 1.54) is 5.56 Å². The maximum absolute atomic E-state index is 14.7. The molecule has 0 radical (unpaired) electrons. The molecule has 190 valence electrons. The average molecular weight is 538 g/mol. The molecule has 0 aromatic heterocycles. The van der Waals surface area contributed by atoms with Gasteiger partial charge in [-0.3, -0.25) is 0 Å². The SMILES string of the molecule is O=P(N=P(CCc1ccccc1)(c1ccccc1)c1ccccc1)(Oc1ccccc1)Oc1ccccc1. The first kappa shape index (κ1) is 25.8. The molecule has 5 aromatic carbocycles. The molecule has 0 amide bonds. The molecule has 4 nitrogen and oxygen atoms in total. The molecular formula is C32H29NO3P2. The van der Waals surface area contributed by atoms with Crippen LogP contribution >= 0.6 is 14.8 Å². The van der Waals surface area contributed by atoms with Crippen LogP contribution in [0.1, 0.15) is 5.56 Å². The molecule has 5 rings (SSSR count). The van der Waals surface area contributed by atoms with Crippen molar-refractivity contribution < 1.29 is 13.6 Å². The lowest BCUT2D eigenvalue weighted by Crippen LogP contribution is -2.20. The summed E-state index contributed by atoms with van der Waals surface area (Å²) in [5.74, 6) is 0.885. The summed E-state index contributed by atoms with van der Waals surface area (Å²) in [4.78, 5) is 0. The summed E-state index contributed by atoms with van der Waals surface area (Å²) >= 11 is 0. The van der Waals surface area contributed by atoms with Gasteiger partial charge in [0.25, 0.3) is 0 Å². The van der Waals surface area contributed by atoms with E-state index in [4.69, 9.17) is 13.6 Å². The molecule has 0 bridgehead atoms. The van der Waals surface area contributed by atoms with Crippen molar-refractivity contribution >= 4 is 25.4 Å². The highest BCUT2D eigenvalue weighted by Crippen LogP contribution is 2.61. The van der Waals surface area contributed by atoms with Gasteiger partial charge in [-0.05, 0) is 53.0 Å². The Morgan fingerprint density at radius 2 is 0.868 bits per heavy atom. The molecule has 0 fully saturated rings. The van der Waals surface area contributed by atoms with Gasteiger partial charge in [-0.1, -0.05) is 127 Å². The zero-order valence-electron chi connectivity index (χ0n) is 20.9. The molecule has 0 spiro atoms. The van der Waals surface area contributed by atoms with Crippen molar-refractivity contribution in [2.45, 2.75) is 6.42 Å². The van der Waals surface area contributed by atoms with Crippen LogP contribution < -0.4 is 19.7 Å². The molecule has 5 aromatic rings. The second-order valence-corrected chi connectivity index (χ2v) is 13.8. The Kier molecular flexibility index (Phi) is 8.24. The van der Waals surface area contributed by atoms with Crippen LogP contribution in [0.15, 0.2) is 156 Å². The van der Waals surface area contributed by atoms with E-state index in [0.717, 1.165) is 17.0 Å². The van der Waals surface area contributed by atoms with Gasteiger partial charge in [0.2, 0.25) is 0 Å². The van der Waals surface area contributed by atoms with Gasteiger partial charge in [-0.2, -0.15) is 4.52 Å². The van der Waals surface area contributed by atoms with Crippen LogP contribution in [0.3, 0.4) is 0 Å². The summed E-state index contributed by atoms with van der Waals surface area (Å²) in [7, 11) is -6.71. The Hall–Kier alpha value is -3.84. The van der Waals surface area contributed by atoms with E-state index >= 15 is 0 Å². The Balaban J connectivity index is 1.73. The molecule has 0 saturated heterocycles. The summed E-state index contributed by atoms with van der Waals surface area (Å²) in [5, 5.41) is 2.05. The zero-order chi connectivity index (χ0) is 26.1. The van der Waals surface area contributed by atoms with Crippen LogP contribution in [0.5, 0.6) is 11.5 Å². The number of benzene rings is 5. The fraction of sp³-hybridized carbons (Fsp3) is 0.0625. The predicted molar refractivity (Wildman–Crippen MR) is 158 cm³/mol. The zero-order valence-corrected chi connectivity index (χ0v) is 22.7. The summed E-state index contributed by atoms with van der Waals surface area (Å²) in [6.07, 6.45) is 1.43. The van der Waals surface area contributed by atoms with Gasteiger partial charge in [-0.25, -0.2) is 4.57 Å². The standard InChI is InChI=1S/C32H29NO3P2/c34-38(35-29-18-8-2-9-19-29,36-30-20-10-3-11-21-30)33-37(31-22-12-4-13-23-31,32-24-14-5-15-25-32)27-26-28-16-6-1-7-17-28/h1-25H,26-27H2. The van der Waals surface area contributed by atoms with E-state index in [0.29, 0.717) is 17.7 Å². The summed E-state index contributed by atoms with van der Waals surface area (Å²) in [6, 6.07) is 48.8. The number of aryl methyl sites for hydroxylation is 1. The van der Waals surface area contributed by atoms with Crippen LogP contribution in [-0.4, -0.2) is 6.16 Å². The highest BCUT2D eigenvalue weighted by molar-refractivity contribution is 7.84. The van der Waals surface area contributed by atoms with Crippen molar-refractivity contribution in [2.24, 2.45) is 4.52 Å². The normalized spacial score (nSPS) is 11.5. The fourth-order valence-corrected chi connectivity index (χ4v) is 10.8. The largest absolute Gasteiger partial charge is 0.562 e. The van der Waals surface area contributed by atoms with Crippen LogP contribution in [-0.2, 0) is 11.0 Å². The van der Waals surface area contributed by atoms with E-state index in [9.17, 15) is 4.57 Å². The van der Waals surface area contributed by atoms with Crippen LogP contribution in [0.25, 0.3) is 0 Å². The molecular weight excluding hydrogens is 508 g/mol. The number of para-hydroxylation sites is 2. The summed E-state index contributed by atoms with van der Waals surface area (Å²) < 4.78 is 32.3. The Morgan fingerprint density at radius 3 is 1.29 bits per heavy atom. The quantitative estimate of drug-likeness (QED) is 0.168. The third-order valence-corrected chi connectivity index (χ3v) is 12.3. The van der Waals surface area contributed by atoms with Crippen molar-refractivity contribution in [3.8, 4) is 11.5 Å². The van der Waals surface area contributed by atoms with Crippen LogP contribution in [0.2, 0.25) is 0 Å². The first-order valence-electron chi connectivity index (χ1n) is 12.5. The van der Waals surface area contributed by atoms with E-state index in [-0.39, 0.29) is 0 Å². The van der Waals surface area contributed by atoms with Gasteiger partial charge < -0.3 is 9.05 Å². The van der Waals surface area contributed by atoms with Crippen LogP contribution in [0.4, 0.5) is 0 Å². The number of rotatable bonds is 10. The van der Waals surface area contributed by atoms with Crippen molar-refractivity contribution in [2.75, 3.05) is 6.16 Å². The van der Waals surface area contributed by atoms with E-state index < -0.39 is 14.8 Å². The monoisotopic (exact) mass is 537 g/mol. The predicted octanol–water partition coefficient (Wildman–Crippen LogP) is 8.35. The molecule has 0 atom stereocenters. The average Bonchev–Trinajstić information content (AvgIpc) is 2.98. The minimum absolute atomic E-state index is 0.442. The van der Waals surface area contributed by atoms with Crippen molar-refractivity contribution in [1.29, 1.82) is 0 Å². The van der Waals surface area contributed by atoms with Gasteiger partial charge >= 0.3 is 7.75 Å². The van der Waals surface area contributed by atoms with Crippen molar-refractivity contribution in [3.05, 3.63) is 157 Å². The third kappa shape index (κ3) is 6.34. The number of nitrogens with zero attached hydrogens (tertiary/aromatic N) is 1. The molecule has 0 aliphatic rings. The number of hydrogen-bond acceptors (Lipinski definition) is 3. The van der Waals surface area contributed by atoms with Gasteiger partial charge in [0, 0.05) is 7.05 Å². The Morgan fingerprint density at radius 1 is 0.500 bits per heavy atom. The van der Waals surface area contributed by atoms with E-state index in [1.807, 2.05) is 91.0 Å². The second-order valence-electron chi connectivity index (χ2n) is 8.77.